The lowest BCUT2D eigenvalue weighted by atomic mass is 9.48. The fraction of sp³-hybridized carbons (Fsp3) is 0.556. The van der Waals surface area contributed by atoms with Crippen molar-refractivity contribution in [1.29, 1.82) is 0 Å². The molecular formula is C27H30F3N3O2S. The SMILES string of the molecule is C[C@]12CCc3nc(NOc4ccc(C(F)(F)F)cc4)sc3C1=CC[C@@H]1[C@@H]2CC[C@]2(C)/C(=N/O)CC[C@@H]12. The van der Waals surface area contributed by atoms with Crippen LogP contribution < -0.4 is 10.3 Å². The third kappa shape index (κ3) is 3.56. The molecule has 36 heavy (non-hydrogen) atoms. The van der Waals surface area contributed by atoms with E-state index < -0.39 is 11.7 Å². The fourth-order valence-corrected chi connectivity index (χ4v) is 8.81. The number of benzene rings is 1. The molecule has 5 nitrogen and oxygen atoms in total. The van der Waals surface area contributed by atoms with Crippen molar-refractivity contribution < 1.29 is 23.2 Å². The first kappa shape index (κ1) is 23.8. The van der Waals surface area contributed by atoms with Gasteiger partial charge < -0.3 is 10.0 Å². The average Bonchev–Trinajstić information content (AvgIpc) is 3.42. The molecule has 0 amide bonds. The minimum Gasteiger partial charge on any atom is -0.411 e. The van der Waals surface area contributed by atoms with Gasteiger partial charge in [-0.2, -0.15) is 18.7 Å². The number of nitrogens with zero attached hydrogens (tertiary/aromatic N) is 2. The predicted octanol–water partition coefficient (Wildman–Crippen LogP) is 7.58. The van der Waals surface area contributed by atoms with E-state index in [1.807, 2.05) is 0 Å². The number of allylic oxidation sites excluding steroid dienone is 2. The number of oxime groups is 1. The van der Waals surface area contributed by atoms with Crippen molar-refractivity contribution in [3.05, 3.63) is 46.5 Å². The van der Waals surface area contributed by atoms with E-state index in [4.69, 9.17) is 9.82 Å². The largest absolute Gasteiger partial charge is 0.416 e. The van der Waals surface area contributed by atoms with Crippen molar-refractivity contribution in [2.75, 3.05) is 5.48 Å². The van der Waals surface area contributed by atoms with E-state index in [-0.39, 0.29) is 10.8 Å². The highest BCUT2D eigenvalue weighted by Gasteiger charge is 2.58. The van der Waals surface area contributed by atoms with Crippen LogP contribution in [0.3, 0.4) is 0 Å². The Kier molecular flexibility index (Phi) is 5.45. The molecule has 2 fully saturated rings. The van der Waals surface area contributed by atoms with E-state index in [0.29, 0.717) is 28.6 Å². The zero-order chi connectivity index (χ0) is 25.3. The molecule has 1 aromatic carbocycles. The Labute approximate surface area is 212 Å². The van der Waals surface area contributed by atoms with Gasteiger partial charge >= 0.3 is 6.18 Å². The number of hydrogen-bond acceptors (Lipinski definition) is 6. The van der Waals surface area contributed by atoms with E-state index in [9.17, 15) is 18.4 Å². The summed E-state index contributed by atoms with van der Waals surface area (Å²) >= 11 is 1.56. The van der Waals surface area contributed by atoms with Gasteiger partial charge in [-0.15, -0.1) is 0 Å². The van der Waals surface area contributed by atoms with Crippen LogP contribution in [0.4, 0.5) is 18.3 Å². The first-order chi connectivity index (χ1) is 17.1. The van der Waals surface area contributed by atoms with Gasteiger partial charge in [0.15, 0.2) is 5.75 Å². The second-order valence-corrected chi connectivity index (χ2v) is 12.2. The molecule has 9 heteroatoms. The standard InChI is InChI=1S/C27H30F3N3O2S/c1-25-14-12-21-23(36-24(31-21)33-35-16-5-3-15(4-6-16)27(28,29)30)20(25)8-7-17-18-9-10-22(32-34)26(18,2)13-11-19(17)25/h3-6,8,17-19,34H,7,9-14H2,1-2H3,(H,31,33)/b32-22+/t17-,18-,19-,25+,26-/m0/s1. The Hall–Kier alpha value is -2.55. The molecular weight excluding hydrogens is 487 g/mol. The van der Waals surface area contributed by atoms with Gasteiger partial charge in [0.05, 0.1) is 21.8 Å². The molecule has 0 spiro atoms. The summed E-state index contributed by atoms with van der Waals surface area (Å²) in [4.78, 5) is 11.5. The van der Waals surface area contributed by atoms with Crippen molar-refractivity contribution in [3.8, 4) is 5.75 Å². The number of aryl methyl sites for hydroxylation is 1. The van der Waals surface area contributed by atoms with Crippen LogP contribution in [-0.2, 0) is 12.6 Å². The number of halogens is 3. The van der Waals surface area contributed by atoms with E-state index in [1.54, 1.807) is 11.3 Å². The number of thiazole rings is 1. The van der Waals surface area contributed by atoms with Gasteiger partial charge in [-0.25, -0.2) is 4.98 Å². The minimum atomic E-state index is -4.37. The molecule has 0 saturated heterocycles. The van der Waals surface area contributed by atoms with E-state index in [2.05, 4.69) is 30.6 Å². The summed E-state index contributed by atoms with van der Waals surface area (Å²) in [5.74, 6) is 2.07. The lowest BCUT2D eigenvalue weighted by Crippen LogP contribution is -2.49. The van der Waals surface area contributed by atoms with Crippen LogP contribution in [0.5, 0.6) is 5.75 Å². The molecule has 0 aliphatic heterocycles. The van der Waals surface area contributed by atoms with Gasteiger partial charge in [0.1, 0.15) is 0 Å². The van der Waals surface area contributed by atoms with Crippen molar-refractivity contribution in [3.63, 3.8) is 0 Å². The molecule has 1 aromatic heterocycles. The normalized spacial score (nSPS) is 34.3. The van der Waals surface area contributed by atoms with E-state index in [0.717, 1.165) is 68.5 Å². The summed E-state index contributed by atoms with van der Waals surface area (Å²) in [6.45, 7) is 4.72. The zero-order valence-electron chi connectivity index (χ0n) is 20.4. The third-order valence-corrected chi connectivity index (χ3v) is 10.6. The summed E-state index contributed by atoms with van der Waals surface area (Å²) in [7, 11) is 0. The molecule has 4 aliphatic rings. The third-order valence-electron chi connectivity index (χ3n) is 9.59. The summed E-state index contributed by atoms with van der Waals surface area (Å²) in [5.41, 5.74) is 5.70. The lowest BCUT2D eigenvalue weighted by Gasteiger charge is -2.56. The van der Waals surface area contributed by atoms with Gasteiger partial charge in [0.2, 0.25) is 5.13 Å². The zero-order valence-corrected chi connectivity index (χ0v) is 21.2. The molecule has 4 aliphatic carbocycles. The Morgan fingerprint density at radius 3 is 2.56 bits per heavy atom. The van der Waals surface area contributed by atoms with Gasteiger partial charge in [-0.1, -0.05) is 36.4 Å². The molecule has 192 valence electrons. The minimum absolute atomic E-state index is 0.0225. The monoisotopic (exact) mass is 517 g/mol. The maximum atomic E-state index is 12.8. The maximum absolute atomic E-state index is 12.8. The second-order valence-electron chi connectivity index (χ2n) is 11.2. The van der Waals surface area contributed by atoms with Crippen LogP contribution >= 0.6 is 11.3 Å². The lowest BCUT2D eigenvalue weighted by molar-refractivity contribution is -0.137. The molecule has 0 bridgehead atoms. The highest BCUT2D eigenvalue weighted by molar-refractivity contribution is 7.16. The van der Waals surface area contributed by atoms with Crippen molar-refractivity contribution in [1.82, 2.24) is 4.98 Å². The molecule has 1 heterocycles. The Balaban J connectivity index is 1.22. The highest BCUT2D eigenvalue weighted by atomic mass is 32.1. The number of fused-ring (bicyclic) bond motifs is 7. The van der Waals surface area contributed by atoms with Crippen LogP contribution in [0.25, 0.3) is 5.57 Å². The van der Waals surface area contributed by atoms with Crippen molar-refractivity contribution >= 4 is 27.8 Å². The summed E-state index contributed by atoms with van der Waals surface area (Å²) < 4.78 is 38.4. The van der Waals surface area contributed by atoms with Crippen LogP contribution in [-0.4, -0.2) is 15.9 Å². The Bertz CT molecular complexity index is 1240. The molecule has 2 N–H and O–H groups in total. The number of anilines is 1. The Morgan fingerprint density at radius 1 is 1.08 bits per heavy atom. The van der Waals surface area contributed by atoms with Crippen LogP contribution in [0.15, 0.2) is 35.5 Å². The van der Waals surface area contributed by atoms with Crippen LogP contribution in [0, 0.1) is 28.6 Å². The first-order valence-electron chi connectivity index (χ1n) is 12.7. The number of hydrogen-bond donors (Lipinski definition) is 2. The topological polar surface area (TPSA) is 66.7 Å². The van der Waals surface area contributed by atoms with Crippen LogP contribution in [0.2, 0.25) is 0 Å². The molecule has 0 unspecified atom stereocenters. The number of aromatic nitrogens is 1. The van der Waals surface area contributed by atoms with E-state index in [1.165, 1.54) is 22.6 Å². The Morgan fingerprint density at radius 2 is 1.83 bits per heavy atom. The summed E-state index contributed by atoms with van der Waals surface area (Å²) in [6.07, 6.45) is 5.28. The molecule has 6 rings (SSSR count). The number of rotatable bonds is 3. The average molecular weight is 518 g/mol. The summed E-state index contributed by atoms with van der Waals surface area (Å²) in [6, 6.07) is 4.62. The fourth-order valence-electron chi connectivity index (χ4n) is 7.69. The quantitative estimate of drug-likeness (QED) is 0.325. The van der Waals surface area contributed by atoms with Crippen molar-refractivity contribution in [2.45, 2.75) is 65.0 Å². The second kappa shape index (κ2) is 8.23. The number of nitrogens with one attached hydrogen (secondary N) is 1. The molecule has 5 atom stereocenters. The maximum Gasteiger partial charge on any atom is 0.416 e. The summed E-state index contributed by atoms with van der Waals surface area (Å²) in [5, 5.41) is 13.9. The van der Waals surface area contributed by atoms with Crippen molar-refractivity contribution in [2.24, 2.45) is 33.7 Å². The molecule has 2 aromatic rings. The highest BCUT2D eigenvalue weighted by Crippen LogP contribution is 2.65. The number of alkyl halides is 3. The van der Waals surface area contributed by atoms with Gasteiger partial charge in [0.25, 0.3) is 0 Å². The first-order valence-corrected chi connectivity index (χ1v) is 13.5. The van der Waals surface area contributed by atoms with E-state index >= 15 is 0 Å². The van der Waals surface area contributed by atoms with Gasteiger partial charge in [-0.3, -0.25) is 0 Å². The molecule has 0 radical (unpaired) electrons. The molecule has 2 saturated carbocycles. The van der Waals surface area contributed by atoms with Gasteiger partial charge in [-0.05, 0) is 98.0 Å². The smallest absolute Gasteiger partial charge is 0.411 e. The predicted molar refractivity (Wildman–Crippen MR) is 133 cm³/mol. The van der Waals surface area contributed by atoms with Gasteiger partial charge in [0, 0.05) is 5.41 Å². The van der Waals surface area contributed by atoms with Crippen LogP contribution in [0.1, 0.15) is 68.5 Å².